The van der Waals surface area contributed by atoms with Gasteiger partial charge in [0.05, 0.1) is 0 Å². The summed E-state index contributed by atoms with van der Waals surface area (Å²) >= 11 is 0. The summed E-state index contributed by atoms with van der Waals surface area (Å²) in [7, 11) is 4.04. The molecular formula is C23H39N5O. The number of rotatable bonds is 7. The van der Waals surface area contributed by atoms with E-state index in [0.717, 1.165) is 64.4 Å². The minimum atomic E-state index is 0.494. The zero-order chi connectivity index (χ0) is 20.5. The summed E-state index contributed by atoms with van der Waals surface area (Å²) in [5.41, 5.74) is 1.34. The van der Waals surface area contributed by atoms with Crippen molar-refractivity contribution in [2.24, 2.45) is 10.9 Å². The standard InChI is InChI=1S/C23H39N5O/c1-20(27-13-15-28(16-14-27)22-7-5-4-6-8-22)19-25-23(24-2)26(3)12-9-21-10-17-29-18-11-21/h4-8,20-21H,9-19H2,1-3H3,(H,24,25). The molecular weight excluding hydrogens is 362 g/mol. The van der Waals surface area contributed by atoms with Crippen molar-refractivity contribution in [1.29, 1.82) is 0 Å². The molecule has 0 aromatic heterocycles. The number of para-hydroxylation sites is 1. The van der Waals surface area contributed by atoms with Crippen LogP contribution in [0.5, 0.6) is 0 Å². The molecule has 29 heavy (non-hydrogen) atoms. The van der Waals surface area contributed by atoms with E-state index in [9.17, 15) is 0 Å². The molecule has 162 valence electrons. The topological polar surface area (TPSA) is 43.3 Å². The zero-order valence-electron chi connectivity index (χ0n) is 18.5. The first-order valence-corrected chi connectivity index (χ1v) is 11.2. The predicted molar refractivity (Wildman–Crippen MR) is 122 cm³/mol. The highest BCUT2D eigenvalue weighted by molar-refractivity contribution is 5.79. The predicted octanol–water partition coefficient (Wildman–Crippen LogP) is 2.52. The number of hydrogen-bond donors (Lipinski definition) is 1. The number of aliphatic imine (C=N–C) groups is 1. The maximum Gasteiger partial charge on any atom is 0.193 e. The SMILES string of the molecule is CN=C(NCC(C)N1CCN(c2ccccc2)CC1)N(C)CCC1CCOCC1. The van der Waals surface area contributed by atoms with E-state index in [1.807, 2.05) is 7.05 Å². The summed E-state index contributed by atoms with van der Waals surface area (Å²) < 4.78 is 5.47. The Morgan fingerprint density at radius 1 is 1.17 bits per heavy atom. The van der Waals surface area contributed by atoms with Crippen molar-refractivity contribution in [3.05, 3.63) is 30.3 Å². The molecule has 0 radical (unpaired) electrons. The average Bonchev–Trinajstić information content (AvgIpc) is 2.79. The van der Waals surface area contributed by atoms with E-state index in [4.69, 9.17) is 4.74 Å². The first-order valence-electron chi connectivity index (χ1n) is 11.2. The largest absolute Gasteiger partial charge is 0.381 e. The lowest BCUT2D eigenvalue weighted by atomic mass is 9.96. The molecule has 1 atom stereocenters. The Kier molecular flexibility index (Phi) is 8.62. The van der Waals surface area contributed by atoms with Gasteiger partial charge < -0.3 is 19.9 Å². The summed E-state index contributed by atoms with van der Waals surface area (Å²) in [6.07, 6.45) is 3.62. The van der Waals surface area contributed by atoms with Crippen LogP contribution in [-0.2, 0) is 4.74 Å². The van der Waals surface area contributed by atoms with Crippen molar-refractivity contribution >= 4 is 11.6 Å². The van der Waals surface area contributed by atoms with Gasteiger partial charge in [-0.05, 0) is 44.2 Å². The minimum Gasteiger partial charge on any atom is -0.381 e. The molecule has 1 aromatic carbocycles. The molecule has 2 saturated heterocycles. The summed E-state index contributed by atoms with van der Waals surface area (Å²) in [5, 5.41) is 3.59. The number of hydrogen-bond acceptors (Lipinski definition) is 4. The van der Waals surface area contributed by atoms with Gasteiger partial charge in [-0.3, -0.25) is 9.89 Å². The Morgan fingerprint density at radius 3 is 2.52 bits per heavy atom. The monoisotopic (exact) mass is 401 g/mol. The second-order valence-corrected chi connectivity index (χ2v) is 8.40. The molecule has 0 bridgehead atoms. The van der Waals surface area contributed by atoms with E-state index in [0.29, 0.717) is 6.04 Å². The van der Waals surface area contributed by atoms with Gasteiger partial charge >= 0.3 is 0 Å². The van der Waals surface area contributed by atoms with Crippen molar-refractivity contribution < 1.29 is 4.74 Å². The summed E-state index contributed by atoms with van der Waals surface area (Å²) in [6, 6.07) is 11.2. The van der Waals surface area contributed by atoms with Crippen LogP contribution in [0.4, 0.5) is 5.69 Å². The highest BCUT2D eigenvalue weighted by Crippen LogP contribution is 2.19. The van der Waals surface area contributed by atoms with Gasteiger partial charge in [-0.2, -0.15) is 0 Å². The molecule has 1 aromatic rings. The Morgan fingerprint density at radius 2 is 1.86 bits per heavy atom. The quantitative estimate of drug-likeness (QED) is 0.562. The molecule has 6 heteroatoms. The second-order valence-electron chi connectivity index (χ2n) is 8.40. The fraction of sp³-hybridized carbons (Fsp3) is 0.696. The van der Waals surface area contributed by atoms with Crippen molar-refractivity contribution in [2.75, 3.05) is 71.5 Å². The third kappa shape index (κ3) is 6.61. The summed E-state index contributed by atoms with van der Waals surface area (Å²) in [6.45, 7) is 10.6. The van der Waals surface area contributed by atoms with E-state index >= 15 is 0 Å². The van der Waals surface area contributed by atoms with Crippen LogP contribution >= 0.6 is 0 Å². The second kappa shape index (κ2) is 11.4. The maximum absolute atomic E-state index is 5.47. The summed E-state index contributed by atoms with van der Waals surface area (Å²) in [4.78, 5) is 11.8. The van der Waals surface area contributed by atoms with Crippen LogP contribution in [0.1, 0.15) is 26.2 Å². The minimum absolute atomic E-state index is 0.494. The smallest absolute Gasteiger partial charge is 0.193 e. The first kappa shape index (κ1) is 21.9. The Labute approximate surface area is 176 Å². The van der Waals surface area contributed by atoms with Crippen molar-refractivity contribution in [3.63, 3.8) is 0 Å². The van der Waals surface area contributed by atoms with Crippen molar-refractivity contribution in [1.82, 2.24) is 15.1 Å². The fourth-order valence-electron chi connectivity index (χ4n) is 4.33. The van der Waals surface area contributed by atoms with Crippen LogP contribution < -0.4 is 10.2 Å². The number of nitrogens with one attached hydrogen (secondary N) is 1. The van der Waals surface area contributed by atoms with Crippen LogP contribution in [0, 0.1) is 5.92 Å². The molecule has 1 N–H and O–H groups in total. The molecule has 2 aliphatic rings. The van der Waals surface area contributed by atoms with Gasteiger partial charge in [0, 0.05) is 78.3 Å². The first-order chi connectivity index (χ1) is 14.2. The number of nitrogens with zero attached hydrogens (tertiary/aromatic N) is 4. The van der Waals surface area contributed by atoms with Crippen LogP contribution in [-0.4, -0.2) is 88.4 Å². The molecule has 1 unspecified atom stereocenters. The van der Waals surface area contributed by atoms with Crippen molar-refractivity contribution in [2.45, 2.75) is 32.2 Å². The van der Waals surface area contributed by atoms with Crippen LogP contribution in [0.15, 0.2) is 35.3 Å². The number of benzene rings is 1. The fourth-order valence-corrected chi connectivity index (χ4v) is 4.33. The summed E-state index contributed by atoms with van der Waals surface area (Å²) in [5.74, 6) is 1.80. The van der Waals surface area contributed by atoms with Crippen LogP contribution in [0.25, 0.3) is 0 Å². The highest BCUT2D eigenvalue weighted by atomic mass is 16.5. The lowest BCUT2D eigenvalue weighted by Gasteiger charge is -2.39. The number of ether oxygens (including phenoxy) is 1. The van der Waals surface area contributed by atoms with E-state index in [-0.39, 0.29) is 0 Å². The van der Waals surface area contributed by atoms with Gasteiger partial charge in [0.25, 0.3) is 0 Å². The normalized spacial score (nSPS) is 20.5. The number of piperazine rings is 1. The lowest BCUT2D eigenvalue weighted by molar-refractivity contribution is 0.0625. The molecule has 6 nitrogen and oxygen atoms in total. The number of anilines is 1. The molecule has 0 saturated carbocycles. The van der Waals surface area contributed by atoms with E-state index in [1.54, 1.807) is 0 Å². The van der Waals surface area contributed by atoms with E-state index in [2.05, 4.69) is 69.3 Å². The van der Waals surface area contributed by atoms with Gasteiger partial charge in [0.1, 0.15) is 0 Å². The average molecular weight is 402 g/mol. The Bertz CT molecular complexity index is 609. The highest BCUT2D eigenvalue weighted by Gasteiger charge is 2.22. The molecule has 3 rings (SSSR count). The Hall–Kier alpha value is -1.79. The lowest BCUT2D eigenvalue weighted by Crippen LogP contribution is -2.53. The molecule has 2 aliphatic heterocycles. The van der Waals surface area contributed by atoms with Gasteiger partial charge in [0.2, 0.25) is 0 Å². The molecule has 0 spiro atoms. The van der Waals surface area contributed by atoms with Gasteiger partial charge in [-0.1, -0.05) is 18.2 Å². The maximum atomic E-state index is 5.47. The van der Waals surface area contributed by atoms with Gasteiger partial charge in [-0.15, -0.1) is 0 Å². The van der Waals surface area contributed by atoms with Crippen LogP contribution in [0.2, 0.25) is 0 Å². The molecule has 2 heterocycles. The third-order valence-electron chi connectivity index (χ3n) is 6.40. The van der Waals surface area contributed by atoms with Crippen LogP contribution in [0.3, 0.4) is 0 Å². The van der Waals surface area contributed by atoms with Crippen molar-refractivity contribution in [3.8, 4) is 0 Å². The van der Waals surface area contributed by atoms with Gasteiger partial charge in [-0.25, -0.2) is 0 Å². The molecule has 0 aliphatic carbocycles. The van der Waals surface area contributed by atoms with E-state index in [1.165, 1.54) is 24.9 Å². The number of guanidine groups is 1. The van der Waals surface area contributed by atoms with Gasteiger partial charge in [0.15, 0.2) is 5.96 Å². The molecule has 0 amide bonds. The van der Waals surface area contributed by atoms with E-state index < -0.39 is 0 Å². The Balaban J connectivity index is 1.37. The zero-order valence-corrected chi connectivity index (χ0v) is 18.5. The molecule has 2 fully saturated rings. The third-order valence-corrected chi connectivity index (χ3v) is 6.40.